The van der Waals surface area contributed by atoms with E-state index in [1.807, 2.05) is 13.0 Å². The molecule has 22 heavy (non-hydrogen) atoms. The van der Waals surface area contributed by atoms with Crippen molar-refractivity contribution in [3.8, 4) is 5.75 Å². The van der Waals surface area contributed by atoms with Gasteiger partial charge in [0.25, 0.3) is 0 Å². The average molecular weight is 390 g/mol. The van der Waals surface area contributed by atoms with Gasteiger partial charge in [-0.1, -0.05) is 36.7 Å². The number of hydrogen-bond donors (Lipinski definition) is 0. The lowest BCUT2D eigenvalue weighted by Gasteiger charge is -2.34. The number of sulfonamides is 1. The molecule has 0 aromatic heterocycles. The average Bonchev–Trinajstić information content (AvgIpc) is 2.45. The van der Waals surface area contributed by atoms with Gasteiger partial charge in [-0.05, 0) is 42.9 Å². The predicted octanol–water partition coefficient (Wildman–Crippen LogP) is 3.90. The van der Waals surface area contributed by atoms with E-state index in [0.29, 0.717) is 37.3 Å². The summed E-state index contributed by atoms with van der Waals surface area (Å²) in [7, 11) is -3.53. The molecule has 124 valence electrons. The topological polar surface area (TPSA) is 46.6 Å². The summed E-state index contributed by atoms with van der Waals surface area (Å²) >= 11 is 3.37. The van der Waals surface area contributed by atoms with Crippen molar-refractivity contribution in [1.29, 1.82) is 0 Å². The highest BCUT2D eigenvalue weighted by molar-refractivity contribution is 9.10. The minimum absolute atomic E-state index is 0.261. The van der Waals surface area contributed by atoms with Gasteiger partial charge in [0.05, 0.1) is 6.61 Å². The number of hydrogen-bond acceptors (Lipinski definition) is 3. The largest absolute Gasteiger partial charge is 0.492 e. The highest BCUT2D eigenvalue weighted by Crippen LogP contribution is 2.33. The van der Waals surface area contributed by atoms with Gasteiger partial charge >= 0.3 is 0 Å². The minimum atomic E-state index is -3.53. The van der Waals surface area contributed by atoms with E-state index in [2.05, 4.69) is 29.8 Å². The third kappa shape index (κ3) is 4.03. The van der Waals surface area contributed by atoms with Crippen LogP contribution in [0.5, 0.6) is 5.75 Å². The number of halogens is 1. The summed E-state index contributed by atoms with van der Waals surface area (Å²) in [4.78, 5) is 0.261. The maximum absolute atomic E-state index is 13.0. The first kappa shape index (κ1) is 17.8. The lowest BCUT2D eigenvalue weighted by Crippen LogP contribution is -2.42. The Morgan fingerprint density at radius 2 is 1.91 bits per heavy atom. The number of piperidine rings is 1. The highest BCUT2D eigenvalue weighted by atomic mass is 79.9. The van der Waals surface area contributed by atoms with Crippen molar-refractivity contribution < 1.29 is 13.2 Å². The van der Waals surface area contributed by atoms with Crippen LogP contribution in [-0.4, -0.2) is 32.4 Å². The highest BCUT2D eigenvalue weighted by Gasteiger charge is 2.33. The SMILES string of the molecule is CCCOc1ccc(Br)cc1S(=O)(=O)N1C[C@H](C)C[C@H](C)C1. The summed E-state index contributed by atoms with van der Waals surface area (Å²) in [5, 5.41) is 0. The van der Waals surface area contributed by atoms with Crippen molar-refractivity contribution in [1.82, 2.24) is 4.31 Å². The molecule has 0 unspecified atom stereocenters. The Labute approximate surface area is 142 Å². The number of nitrogens with zero attached hydrogens (tertiary/aromatic N) is 1. The Balaban J connectivity index is 2.37. The van der Waals surface area contributed by atoms with Crippen LogP contribution in [-0.2, 0) is 10.0 Å². The second kappa shape index (κ2) is 7.32. The van der Waals surface area contributed by atoms with Crippen LogP contribution >= 0.6 is 15.9 Å². The molecule has 2 atom stereocenters. The van der Waals surface area contributed by atoms with Crippen LogP contribution in [0.15, 0.2) is 27.6 Å². The molecular formula is C16H24BrNO3S. The van der Waals surface area contributed by atoms with Gasteiger partial charge in [-0.3, -0.25) is 0 Å². The van der Waals surface area contributed by atoms with Crippen molar-refractivity contribution in [2.75, 3.05) is 19.7 Å². The van der Waals surface area contributed by atoms with E-state index in [1.165, 1.54) is 0 Å². The Bertz CT molecular complexity index is 608. The van der Waals surface area contributed by atoms with Crippen LogP contribution in [0.2, 0.25) is 0 Å². The zero-order chi connectivity index (χ0) is 16.3. The van der Waals surface area contributed by atoms with Crippen LogP contribution in [0.25, 0.3) is 0 Å². The zero-order valence-corrected chi connectivity index (χ0v) is 15.8. The quantitative estimate of drug-likeness (QED) is 0.766. The molecule has 1 aliphatic heterocycles. The van der Waals surface area contributed by atoms with E-state index < -0.39 is 10.0 Å². The van der Waals surface area contributed by atoms with Crippen LogP contribution < -0.4 is 4.74 Å². The molecule has 1 saturated heterocycles. The zero-order valence-electron chi connectivity index (χ0n) is 13.4. The molecular weight excluding hydrogens is 366 g/mol. The molecule has 6 heteroatoms. The lowest BCUT2D eigenvalue weighted by atomic mass is 9.94. The van der Waals surface area contributed by atoms with E-state index in [0.717, 1.165) is 17.3 Å². The number of rotatable bonds is 5. The van der Waals surface area contributed by atoms with Crippen molar-refractivity contribution in [2.45, 2.75) is 38.5 Å². The maximum atomic E-state index is 13.0. The molecule has 0 N–H and O–H groups in total. The molecule has 1 aliphatic rings. The van der Waals surface area contributed by atoms with Gasteiger partial charge in [0.15, 0.2) is 0 Å². The van der Waals surface area contributed by atoms with Gasteiger partial charge in [0.1, 0.15) is 10.6 Å². The maximum Gasteiger partial charge on any atom is 0.246 e. The first-order valence-corrected chi connectivity index (χ1v) is 10.0. The molecule has 1 fully saturated rings. The normalized spacial score (nSPS) is 23.5. The van der Waals surface area contributed by atoms with E-state index in [9.17, 15) is 8.42 Å². The summed E-state index contributed by atoms with van der Waals surface area (Å²) in [5.74, 6) is 1.20. The second-order valence-corrected chi connectivity index (χ2v) is 9.03. The van der Waals surface area contributed by atoms with Crippen LogP contribution in [0.1, 0.15) is 33.6 Å². The molecule has 1 heterocycles. The third-order valence-electron chi connectivity index (χ3n) is 3.82. The van der Waals surface area contributed by atoms with Crippen LogP contribution in [0.4, 0.5) is 0 Å². The molecule has 1 aromatic rings. The van der Waals surface area contributed by atoms with Gasteiger partial charge in [-0.15, -0.1) is 0 Å². The van der Waals surface area contributed by atoms with Crippen LogP contribution in [0.3, 0.4) is 0 Å². The van der Waals surface area contributed by atoms with Crippen LogP contribution in [0, 0.1) is 11.8 Å². The van der Waals surface area contributed by atoms with Crippen molar-refractivity contribution in [2.24, 2.45) is 11.8 Å². The summed E-state index contributed by atoms with van der Waals surface area (Å²) in [5.41, 5.74) is 0. The van der Waals surface area contributed by atoms with Gasteiger partial charge in [0, 0.05) is 17.6 Å². The Morgan fingerprint density at radius 1 is 1.27 bits per heavy atom. The van der Waals surface area contributed by atoms with E-state index in [1.54, 1.807) is 16.4 Å². The van der Waals surface area contributed by atoms with E-state index in [4.69, 9.17) is 4.74 Å². The number of benzene rings is 1. The predicted molar refractivity (Wildman–Crippen MR) is 91.6 cm³/mol. The van der Waals surface area contributed by atoms with Gasteiger partial charge in [0.2, 0.25) is 10.0 Å². The van der Waals surface area contributed by atoms with Crippen molar-refractivity contribution in [3.63, 3.8) is 0 Å². The lowest BCUT2D eigenvalue weighted by molar-refractivity contribution is 0.221. The van der Waals surface area contributed by atoms with Crippen molar-refractivity contribution >= 4 is 26.0 Å². The molecule has 1 aromatic carbocycles. The molecule has 2 rings (SSSR count). The molecule has 0 aliphatic carbocycles. The molecule has 0 amide bonds. The smallest absolute Gasteiger partial charge is 0.246 e. The number of ether oxygens (including phenoxy) is 1. The fraction of sp³-hybridized carbons (Fsp3) is 0.625. The Kier molecular flexibility index (Phi) is 5.91. The van der Waals surface area contributed by atoms with Gasteiger partial charge in [-0.2, -0.15) is 4.31 Å². The fourth-order valence-electron chi connectivity index (χ4n) is 2.96. The molecule has 0 saturated carbocycles. The first-order valence-electron chi connectivity index (χ1n) is 7.77. The monoisotopic (exact) mass is 389 g/mol. The fourth-order valence-corrected chi connectivity index (χ4v) is 5.31. The second-order valence-electron chi connectivity index (χ2n) is 6.21. The molecule has 0 bridgehead atoms. The molecule has 0 spiro atoms. The van der Waals surface area contributed by atoms with E-state index >= 15 is 0 Å². The van der Waals surface area contributed by atoms with Crippen molar-refractivity contribution in [3.05, 3.63) is 22.7 Å². The third-order valence-corrected chi connectivity index (χ3v) is 6.17. The Hall–Kier alpha value is -0.590. The Morgan fingerprint density at radius 3 is 2.50 bits per heavy atom. The minimum Gasteiger partial charge on any atom is -0.492 e. The summed E-state index contributed by atoms with van der Waals surface area (Å²) in [6.07, 6.45) is 1.91. The summed E-state index contributed by atoms with van der Waals surface area (Å²) < 4.78 is 34.1. The summed E-state index contributed by atoms with van der Waals surface area (Å²) in [6, 6.07) is 5.18. The van der Waals surface area contributed by atoms with E-state index in [-0.39, 0.29) is 4.90 Å². The standard InChI is InChI=1S/C16H24BrNO3S/c1-4-7-21-15-6-5-14(17)9-16(15)22(19,20)18-10-12(2)8-13(3)11-18/h5-6,9,12-13H,4,7-8,10-11H2,1-3H3/t12-,13+. The van der Waals surface area contributed by atoms with Gasteiger partial charge in [-0.25, -0.2) is 8.42 Å². The first-order chi connectivity index (χ1) is 10.3. The van der Waals surface area contributed by atoms with Gasteiger partial charge < -0.3 is 4.74 Å². The molecule has 4 nitrogen and oxygen atoms in total. The molecule has 0 radical (unpaired) electrons. The summed E-state index contributed by atoms with van der Waals surface area (Å²) in [6.45, 7) is 7.87.